The van der Waals surface area contributed by atoms with Gasteiger partial charge in [0.15, 0.2) is 0 Å². The molecule has 1 atom stereocenters. The molecule has 152 valence electrons. The van der Waals surface area contributed by atoms with Crippen LogP contribution in [0.5, 0.6) is 0 Å². The van der Waals surface area contributed by atoms with Gasteiger partial charge in [-0.25, -0.2) is 4.79 Å². The standard InChI is InChI=1S/C20H28N4O3S/c1-3-27-20(26)24-11-9-23(10-12-24)14(2)18(25)22-19-16(13-21)15-7-5-4-6-8-17(15)28-19/h14H,3-12H2,1-2H3,(H,22,25)/t14-/m0/s1. The number of carbonyl (C=O) groups is 2. The Hall–Kier alpha value is -2.11. The summed E-state index contributed by atoms with van der Waals surface area (Å²) in [5, 5.41) is 13.3. The van der Waals surface area contributed by atoms with Crippen LogP contribution in [0.15, 0.2) is 0 Å². The minimum Gasteiger partial charge on any atom is -0.450 e. The summed E-state index contributed by atoms with van der Waals surface area (Å²) in [6, 6.07) is 1.99. The first-order chi connectivity index (χ1) is 13.5. The fourth-order valence-corrected chi connectivity index (χ4v) is 5.08. The van der Waals surface area contributed by atoms with Crippen molar-refractivity contribution in [3.8, 4) is 6.07 Å². The summed E-state index contributed by atoms with van der Waals surface area (Å²) in [6.07, 6.45) is 5.08. The Bertz CT molecular complexity index is 762. The third-order valence-electron chi connectivity index (χ3n) is 5.54. The van der Waals surface area contributed by atoms with Crippen LogP contribution in [0.1, 0.15) is 49.1 Å². The minimum absolute atomic E-state index is 0.0995. The van der Waals surface area contributed by atoms with E-state index in [2.05, 4.69) is 16.3 Å². The van der Waals surface area contributed by atoms with Gasteiger partial charge in [-0.15, -0.1) is 11.3 Å². The lowest BCUT2D eigenvalue weighted by Gasteiger charge is -2.36. The van der Waals surface area contributed by atoms with Crippen molar-refractivity contribution in [2.75, 3.05) is 38.1 Å². The number of hydrogen-bond acceptors (Lipinski definition) is 6. The molecule has 1 fully saturated rings. The monoisotopic (exact) mass is 404 g/mol. The zero-order chi connectivity index (χ0) is 20.1. The number of rotatable bonds is 4. The van der Waals surface area contributed by atoms with Crippen LogP contribution in [0, 0.1) is 11.3 Å². The number of nitrogens with zero attached hydrogens (tertiary/aromatic N) is 3. The highest BCUT2D eigenvalue weighted by molar-refractivity contribution is 7.16. The highest BCUT2D eigenvalue weighted by Crippen LogP contribution is 2.37. The summed E-state index contributed by atoms with van der Waals surface area (Å²) in [6.45, 7) is 6.38. The molecule has 2 aliphatic rings. The van der Waals surface area contributed by atoms with Crippen LogP contribution in [0.3, 0.4) is 0 Å². The number of anilines is 1. The molecule has 28 heavy (non-hydrogen) atoms. The van der Waals surface area contributed by atoms with E-state index < -0.39 is 0 Å². The lowest BCUT2D eigenvalue weighted by Crippen LogP contribution is -2.54. The molecule has 0 saturated carbocycles. The number of thiophene rings is 1. The van der Waals surface area contributed by atoms with Crippen LogP contribution in [-0.4, -0.2) is 60.6 Å². The first-order valence-electron chi connectivity index (χ1n) is 10.1. The van der Waals surface area contributed by atoms with Gasteiger partial charge >= 0.3 is 6.09 Å². The molecule has 8 heteroatoms. The Morgan fingerprint density at radius 3 is 2.61 bits per heavy atom. The van der Waals surface area contributed by atoms with Gasteiger partial charge in [-0.2, -0.15) is 5.26 Å². The average molecular weight is 405 g/mol. The smallest absolute Gasteiger partial charge is 0.409 e. The maximum Gasteiger partial charge on any atom is 0.409 e. The first kappa shape index (κ1) is 20.6. The Labute approximate surface area is 170 Å². The van der Waals surface area contributed by atoms with Gasteiger partial charge in [-0.3, -0.25) is 9.69 Å². The van der Waals surface area contributed by atoms with Crippen molar-refractivity contribution in [1.29, 1.82) is 5.26 Å². The second-order valence-electron chi connectivity index (χ2n) is 7.27. The van der Waals surface area contributed by atoms with Gasteiger partial charge in [0.1, 0.15) is 11.1 Å². The van der Waals surface area contributed by atoms with Crippen molar-refractivity contribution in [3.63, 3.8) is 0 Å². The molecule has 0 unspecified atom stereocenters. The Kier molecular flexibility index (Phi) is 6.92. The van der Waals surface area contributed by atoms with E-state index in [0.717, 1.165) is 31.2 Å². The number of piperazine rings is 1. The van der Waals surface area contributed by atoms with Crippen LogP contribution >= 0.6 is 11.3 Å². The number of aryl methyl sites for hydroxylation is 1. The van der Waals surface area contributed by atoms with Gasteiger partial charge in [-0.05, 0) is 45.1 Å². The number of hydrogen-bond donors (Lipinski definition) is 1. The minimum atomic E-state index is -0.321. The number of nitriles is 1. The maximum absolute atomic E-state index is 12.8. The molecule has 2 heterocycles. The zero-order valence-electron chi connectivity index (χ0n) is 16.6. The molecule has 1 aromatic heterocycles. The maximum atomic E-state index is 12.8. The van der Waals surface area contributed by atoms with Gasteiger partial charge in [-0.1, -0.05) is 6.42 Å². The highest BCUT2D eigenvalue weighted by atomic mass is 32.1. The van der Waals surface area contributed by atoms with Gasteiger partial charge < -0.3 is 15.0 Å². The predicted octanol–water partition coefficient (Wildman–Crippen LogP) is 2.99. The van der Waals surface area contributed by atoms with Crippen molar-refractivity contribution >= 4 is 28.3 Å². The first-order valence-corrected chi connectivity index (χ1v) is 10.9. The second kappa shape index (κ2) is 9.39. The van der Waals surface area contributed by atoms with Crippen molar-refractivity contribution in [3.05, 3.63) is 16.0 Å². The summed E-state index contributed by atoms with van der Waals surface area (Å²) >= 11 is 1.56. The Morgan fingerprint density at radius 1 is 1.21 bits per heavy atom. The summed E-state index contributed by atoms with van der Waals surface area (Å²) < 4.78 is 5.04. The Morgan fingerprint density at radius 2 is 1.93 bits per heavy atom. The van der Waals surface area contributed by atoms with Gasteiger partial charge in [0.2, 0.25) is 5.91 Å². The number of ether oxygens (including phenoxy) is 1. The molecule has 0 aromatic carbocycles. The molecular weight excluding hydrogens is 376 g/mol. The Balaban J connectivity index is 1.61. The van der Waals surface area contributed by atoms with E-state index >= 15 is 0 Å². The van der Waals surface area contributed by atoms with E-state index in [1.807, 2.05) is 6.92 Å². The van der Waals surface area contributed by atoms with E-state index in [1.165, 1.54) is 11.3 Å². The predicted molar refractivity (Wildman–Crippen MR) is 109 cm³/mol. The average Bonchev–Trinajstić information content (AvgIpc) is 2.86. The molecule has 7 nitrogen and oxygen atoms in total. The number of amides is 2. The zero-order valence-corrected chi connectivity index (χ0v) is 17.4. The molecule has 0 bridgehead atoms. The molecule has 1 aliphatic carbocycles. The van der Waals surface area contributed by atoms with Crippen LogP contribution in [0.25, 0.3) is 0 Å². The lowest BCUT2D eigenvalue weighted by atomic mass is 10.1. The third-order valence-corrected chi connectivity index (χ3v) is 6.74. The molecule has 3 rings (SSSR count). The fourth-order valence-electron chi connectivity index (χ4n) is 3.84. The van der Waals surface area contributed by atoms with E-state index in [4.69, 9.17) is 4.74 Å². The normalized spacial score (nSPS) is 18.5. The lowest BCUT2D eigenvalue weighted by molar-refractivity contribution is -0.121. The number of carbonyl (C=O) groups excluding carboxylic acids is 2. The van der Waals surface area contributed by atoms with Gasteiger partial charge in [0, 0.05) is 31.1 Å². The largest absolute Gasteiger partial charge is 0.450 e. The molecule has 0 radical (unpaired) electrons. The van der Waals surface area contributed by atoms with Crippen LogP contribution in [0.4, 0.5) is 9.80 Å². The summed E-state index contributed by atoms with van der Waals surface area (Å²) in [5.74, 6) is -0.0995. The molecule has 1 aliphatic heterocycles. The van der Waals surface area contributed by atoms with E-state index in [0.29, 0.717) is 43.4 Å². The summed E-state index contributed by atoms with van der Waals surface area (Å²) in [4.78, 5) is 29.6. The fraction of sp³-hybridized carbons (Fsp3) is 0.650. The van der Waals surface area contributed by atoms with Gasteiger partial charge in [0.05, 0.1) is 18.2 Å². The number of nitrogens with one attached hydrogen (secondary N) is 1. The van der Waals surface area contributed by atoms with E-state index in [-0.39, 0.29) is 18.0 Å². The molecule has 1 N–H and O–H groups in total. The molecular formula is C20H28N4O3S. The topological polar surface area (TPSA) is 85.7 Å². The molecule has 1 saturated heterocycles. The van der Waals surface area contributed by atoms with Crippen LogP contribution in [-0.2, 0) is 22.4 Å². The number of fused-ring (bicyclic) bond motifs is 1. The van der Waals surface area contributed by atoms with E-state index in [1.54, 1.807) is 23.2 Å². The van der Waals surface area contributed by atoms with Crippen molar-refractivity contribution in [2.45, 2.75) is 52.0 Å². The SMILES string of the molecule is CCOC(=O)N1CCN([C@@H](C)C(=O)Nc2sc3c(c2C#N)CCCCC3)CC1. The second-order valence-corrected chi connectivity index (χ2v) is 8.37. The molecule has 2 amide bonds. The van der Waals surface area contributed by atoms with E-state index in [9.17, 15) is 14.9 Å². The van der Waals surface area contributed by atoms with Crippen molar-refractivity contribution in [1.82, 2.24) is 9.80 Å². The molecule has 0 spiro atoms. The van der Waals surface area contributed by atoms with Crippen LogP contribution < -0.4 is 5.32 Å². The quantitative estimate of drug-likeness (QED) is 0.780. The van der Waals surface area contributed by atoms with Crippen molar-refractivity contribution in [2.24, 2.45) is 0 Å². The summed E-state index contributed by atoms with van der Waals surface area (Å²) in [7, 11) is 0. The molecule has 1 aromatic rings. The summed E-state index contributed by atoms with van der Waals surface area (Å²) in [5.41, 5.74) is 1.78. The third kappa shape index (κ3) is 4.47. The van der Waals surface area contributed by atoms with Crippen molar-refractivity contribution < 1.29 is 14.3 Å². The van der Waals surface area contributed by atoms with Gasteiger partial charge in [0.25, 0.3) is 0 Å². The highest BCUT2D eigenvalue weighted by Gasteiger charge is 2.29. The van der Waals surface area contributed by atoms with Crippen LogP contribution in [0.2, 0.25) is 0 Å².